The second-order valence-corrected chi connectivity index (χ2v) is 5.96. The standard InChI is InChI=1S/C14H18N6S/c1-10-6-2-3-7-11(10)21-14-17-12(19-15)16-13(18-14)20-8-4-5-9-20/h2-3,6-7H,4-5,8-9,15H2,1H3,(H,16,17,18,19). The Morgan fingerprint density at radius 3 is 2.62 bits per heavy atom. The first-order valence-corrected chi connectivity index (χ1v) is 7.79. The number of aryl methyl sites for hydroxylation is 1. The summed E-state index contributed by atoms with van der Waals surface area (Å²) in [5.74, 6) is 6.59. The summed E-state index contributed by atoms with van der Waals surface area (Å²) in [5, 5.41) is 0.661. The van der Waals surface area contributed by atoms with Gasteiger partial charge in [0.1, 0.15) is 0 Å². The van der Waals surface area contributed by atoms with Crippen LogP contribution in [0.5, 0.6) is 0 Å². The molecule has 3 N–H and O–H groups in total. The van der Waals surface area contributed by atoms with E-state index >= 15 is 0 Å². The van der Waals surface area contributed by atoms with Crippen LogP contribution < -0.4 is 16.2 Å². The average Bonchev–Trinajstić information content (AvgIpc) is 3.04. The highest BCUT2D eigenvalue weighted by molar-refractivity contribution is 7.99. The summed E-state index contributed by atoms with van der Waals surface area (Å²) < 4.78 is 0. The molecule has 1 aromatic carbocycles. The molecular weight excluding hydrogens is 284 g/mol. The number of hydrogen-bond donors (Lipinski definition) is 2. The summed E-state index contributed by atoms with van der Waals surface area (Å²) in [5.41, 5.74) is 3.73. The van der Waals surface area contributed by atoms with Crippen LogP contribution in [0.3, 0.4) is 0 Å². The number of nitrogen functional groups attached to an aromatic ring is 1. The Labute approximate surface area is 128 Å². The zero-order chi connectivity index (χ0) is 14.7. The van der Waals surface area contributed by atoms with E-state index in [0.29, 0.717) is 17.1 Å². The lowest BCUT2D eigenvalue weighted by Crippen LogP contribution is -2.22. The van der Waals surface area contributed by atoms with Crippen LogP contribution in [0, 0.1) is 6.92 Å². The van der Waals surface area contributed by atoms with Gasteiger partial charge in [-0.2, -0.15) is 15.0 Å². The zero-order valence-corrected chi connectivity index (χ0v) is 12.7. The molecule has 3 rings (SSSR count). The number of anilines is 2. The molecule has 1 aliphatic rings. The topological polar surface area (TPSA) is 80.0 Å². The Morgan fingerprint density at radius 1 is 1.14 bits per heavy atom. The fourth-order valence-electron chi connectivity index (χ4n) is 2.28. The van der Waals surface area contributed by atoms with Gasteiger partial charge in [0.05, 0.1) is 0 Å². The number of aromatic nitrogens is 3. The normalized spacial score (nSPS) is 14.5. The molecule has 1 fully saturated rings. The molecule has 0 saturated carbocycles. The molecule has 1 aromatic heterocycles. The van der Waals surface area contributed by atoms with Gasteiger partial charge in [-0.25, -0.2) is 5.84 Å². The fraction of sp³-hybridized carbons (Fsp3) is 0.357. The summed E-state index contributed by atoms with van der Waals surface area (Å²) in [6, 6.07) is 8.18. The maximum atomic E-state index is 5.48. The van der Waals surface area contributed by atoms with Crippen LogP contribution in [-0.4, -0.2) is 28.0 Å². The van der Waals surface area contributed by atoms with Gasteiger partial charge >= 0.3 is 0 Å². The van der Waals surface area contributed by atoms with Crippen molar-refractivity contribution in [2.24, 2.45) is 5.84 Å². The van der Waals surface area contributed by atoms with E-state index in [1.54, 1.807) is 0 Å². The second-order valence-electron chi connectivity index (χ2n) is 4.95. The number of hydrogen-bond acceptors (Lipinski definition) is 7. The van der Waals surface area contributed by atoms with Gasteiger partial charge in [-0.05, 0) is 43.2 Å². The van der Waals surface area contributed by atoms with Crippen molar-refractivity contribution in [2.45, 2.75) is 29.8 Å². The molecule has 0 amide bonds. The molecule has 21 heavy (non-hydrogen) atoms. The van der Waals surface area contributed by atoms with Crippen LogP contribution in [-0.2, 0) is 0 Å². The smallest absolute Gasteiger partial charge is 0.242 e. The minimum absolute atomic E-state index is 0.406. The van der Waals surface area contributed by atoms with Crippen LogP contribution in [0.2, 0.25) is 0 Å². The van der Waals surface area contributed by atoms with Gasteiger partial charge in [-0.3, -0.25) is 5.43 Å². The van der Waals surface area contributed by atoms with Crippen molar-refractivity contribution in [3.8, 4) is 0 Å². The number of nitrogens with two attached hydrogens (primary N) is 1. The van der Waals surface area contributed by atoms with E-state index in [2.05, 4.69) is 44.3 Å². The Morgan fingerprint density at radius 2 is 1.90 bits per heavy atom. The summed E-state index contributed by atoms with van der Waals surface area (Å²) in [4.78, 5) is 16.6. The van der Waals surface area contributed by atoms with Gasteiger partial charge < -0.3 is 4.90 Å². The predicted molar refractivity (Wildman–Crippen MR) is 84.4 cm³/mol. The number of benzene rings is 1. The third-order valence-corrected chi connectivity index (χ3v) is 4.46. The van der Waals surface area contributed by atoms with E-state index in [1.807, 2.05) is 12.1 Å². The molecule has 1 aliphatic heterocycles. The lowest BCUT2D eigenvalue weighted by atomic mass is 10.2. The van der Waals surface area contributed by atoms with Crippen molar-refractivity contribution >= 4 is 23.7 Å². The Hall–Kier alpha value is -1.86. The summed E-state index contributed by atoms with van der Waals surface area (Å²) in [6.07, 6.45) is 2.36. The van der Waals surface area contributed by atoms with E-state index in [4.69, 9.17) is 5.84 Å². The van der Waals surface area contributed by atoms with E-state index in [-0.39, 0.29) is 0 Å². The molecule has 7 heteroatoms. The van der Waals surface area contributed by atoms with Crippen molar-refractivity contribution in [1.29, 1.82) is 0 Å². The molecule has 0 bridgehead atoms. The van der Waals surface area contributed by atoms with Crippen LogP contribution in [0.4, 0.5) is 11.9 Å². The molecule has 0 unspecified atom stereocenters. The quantitative estimate of drug-likeness (QED) is 0.662. The number of hydrazine groups is 1. The van der Waals surface area contributed by atoms with Crippen LogP contribution >= 0.6 is 11.8 Å². The van der Waals surface area contributed by atoms with E-state index < -0.39 is 0 Å². The summed E-state index contributed by atoms with van der Waals surface area (Å²) in [6.45, 7) is 4.05. The van der Waals surface area contributed by atoms with Gasteiger partial charge in [0, 0.05) is 18.0 Å². The molecule has 0 radical (unpaired) electrons. The zero-order valence-electron chi connectivity index (χ0n) is 11.9. The Balaban J connectivity index is 1.90. The first-order valence-electron chi connectivity index (χ1n) is 6.97. The maximum Gasteiger partial charge on any atom is 0.242 e. The van der Waals surface area contributed by atoms with E-state index in [0.717, 1.165) is 18.0 Å². The van der Waals surface area contributed by atoms with Gasteiger partial charge in [-0.1, -0.05) is 18.2 Å². The Bertz CT molecular complexity index is 627. The lowest BCUT2D eigenvalue weighted by Gasteiger charge is -2.16. The van der Waals surface area contributed by atoms with Crippen LogP contribution in [0.15, 0.2) is 34.3 Å². The third kappa shape index (κ3) is 3.25. The molecule has 2 heterocycles. The minimum Gasteiger partial charge on any atom is -0.341 e. The molecule has 110 valence electrons. The van der Waals surface area contributed by atoms with Gasteiger partial charge in [-0.15, -0.1) is 0 Å². The van der Waals surface area contributed by atoms with Crippen molar-refractivity contribution in [3.05, 3.63) is 29.8 Å². The highest BCUT2D eigenvalue weighted by Crippen LogP contribution is 2.29. The highest BCUT2D eigenvalue weighted by atomic mass is 32.2. The average molecular weight is 302 g/mol. The maximum absolute atomic E-state index is 5.48. The number of nitrogens with zero attached hydrogens (tertiary/aromatic N) is 4. The van der Waals surface area contributed by atoms with Gasteiger partial charge in [0.2, 0.25) is 11.9 Å². The monoisotopic (exact) mass is 302 g/mol. The molecule has 0 aliphatic carbocycles. The first-order chi connectivity index (χ1) is 10.3. The number of nitrogens with one attached hydrogen (secondary N) is 1. The molecule has 6 nitrogen and oxygen atoms in total. The third-order valence-electron chi connectivity index (χ3n) is 3.42. The largest absolute Gasteiger partial charge is 0.341 e. The van der Waals surface area contributed by atoms with Crippen molar-refractivity contribution in [1.82, 2.24) is 15.0 Å². The summed E-state index contributed by atoms with van der Waals surface area (Å²) in [7, 11) is 0. The predicted octanol–water partition coefficient (Wildman–Crippen LogP) is 2.22. The molecular formula is C14H18N6S. The van der Waals surface area contributed by atoms with Crippen LogP contribution in [0.25, 0.3) is 0 Å². The molecule has 0 spiro atoms. The fourth-order valence-corrected chi connectivity index (χ4v) is 3.12. The lowest BCUT2D eigenvalue weighted by molar-refractivity contribution is 0.827. The Kier molecular flexibility index (Phi) is 4.21. The highest BCUT2D eigenvalue weighted by Gasteiger charge is 2.17. The molecule has 0 atom stereocenters. The van der Waals surface area contributed by atoms with Crippen molar-refractivity contribution in [3.63, 3.8) is 0 Å². The van der Waals surface area contributed by atoms with Gasteiger partial charge in [0.15, 0.2) is 5.16 Å². The SMILES string of the molecule is Cc1ccccc1Sc1nc(NN)nc(N2CCCC2)n1. The molecule has 1 saturated heterocycles. The van der Waals surface area contributed by atoms with Crippen molar-refractivity contribution in [2.75, 3.05) is 23.4 Å². The summed E-state index contributed by atoms with van der Waals surface area (Å²) >= 11 is 1.53. The number of rotatable bonds is 4. The van der Waals surface area contributed by atoms with Crippen molar-refractivity contribution < 1.29 is 0 Å². The second kappa shape index (κ2) is 6.28. The first kappa shape index (κ1) is 14.1. The van der Waals surface area contributed by atoms with E-state index in [1.165, 1.54) is 30.2 Å². The van der Waals surface area contributed by atoms with Crippen LogP contribution in [0.1, 0.15) is 18.4 Å². The van der Waals surface area contributed by atoms with E-state index in [9.17, 15) is 0 Å². The minimum atomic E-state index is 0.406. The van der Waals surface area contributed by atoms with Gasteiger partial charge in [0.25, 0.3) is 0 Å². The molecule has 2 aromatic rings.